The van der Waals surface area contributed by atoms with Crippen LogP contribution in [0.2, 0.25) is 0 Å². The van der Waals surface area contributed by atoms with Gasteiger partial charge in [0.2, 0.25) is 0 Å². The topological polar surface area (TPSA) is 49.4 Å². The number of nitrogens with zero attached hydrogens (tertiary/aromatic N) is 1. The van der Waals surface area contributed by atoms with Gasteiger partial charge in [0.05, 0.1) is 11.3 Å². The van der Waals surface area contributed by atoms with Crippen LogP contribution in [0.15, 0.2) is 42.5 Å². The molecule has 0 spiro atoms. The number of rotatable bonds is 3. The lowest BCUT2D eigenvalue weighted by atomic mass is 9.91. The third-order valence-electron chi connectivity index (χ3n) is 5.01. The van der Waals surface area contributed by atoms with Crippen molar-refractivity contribution < 1.29 is 14.0 Å². The Bertz CT molecular complexity index is 855. The van der Waals surface area contributed by atoms with Crippen molar-refractivity contribution in [1.82, 2.24) is 4.90 Å². The number of likely N-dealkylation sites (tertiary alicyclic amines) is 1. The normalized spacial score (nSPS) is 19.6. The second kappa shape index (κ2) is 7.91. The number of aryl methyl sites for hydroxylation is 1. The lowest BCUT2D eigenvalue weighted by Crippen LogP contribution is -2.42. The van der Waals surface area contributed by atoms with Crippen LogP contribution in [0.4, 0.5) is 10.1 Å². The minimum absolute atomic E-state index is 0.0831. The first-order chi connectivity index (χ1) is 12.8. The molecule has 1 fully saturated rings. The molecular formula is C22H25FN2O2. The predicted molar refractivity (Wildman–Crippen MR) is 104 cm³/mol. The van der Waals surface area contributed by atoms with E-state index in [9.17, 15) is 14.0 Å². The van der Waals surface area contributed by atoms with E-state index >= 15 is 0 Å². The molecule has 5 heteroatoms. The van der Waals surface area contributed by atoms with Crippen LogP contribution in [-0.2, 0) is 0 Å². The molecule has 3 rings (SSSR count). The Balaban J connectivity index is 1.84. The van der Waals surface area contributed by atoms with E-state index < -0.39 is 11.7 Å². The van der Waals surface area contributed by atoms with Gasteiger partial charge < -0.3 is 10.2 Å². The van der Waals surface area contributed by atoms with Gasteiger partial charge in [-0.2, -0.15) is 0 Å². The molecular weight excluding hydrogens is 343 g/mol. The number of amides is 2. The number of hydrogen-bond donors (Lipinski definition) is 1. The summed E-state index contributed by atoms with van der Waals surface area (Å²) in [7, 11) is 0. The lowest BCUT2D eigenvalue weighted by Gasteiger charge is -2.35. The molecule has 0 radical (unpaired) electrons. The molecule has 1 aliphatic rings. The summed E-state index contributed by atoms with van der Waals surface area (Å²) in [5, 5.41) is 2.78. The number of nitrogens with one attached hydrogen (secondary N) is 1. The van der Waals surface area contributed by atoms with Gasteiger partial charge in [0.1, 0.15) is 5.82 Å². The monoisotopic (exact) mass is 368 g/mol. The molecule has 2 aromatic carbocycles. The van der Waals surface area contributed by atoms with Gasteiger partial charge in [0.25, 0.3) is 11.8 Å². The van der Waals surface area contributed by atoms with Gasteiger partial charge in [0.15, 0.2) is 0 Å². The highest BCUT2D eigenvalue weighted by atomic mass is 19.1. The van der Waals surface area contributed by atoms with Gasteiger partial charge in [-0.3, -0.25) is 9.59 Å². The highest BCUT2D eigenvalue weighted by molar-refractivity contribution is 6.09. The van der Waals surface area contributed by atoms with Crippen molar-refractivity contribution in [3.8, 4) is 0 Å². The first-order valence-electron chi connectivity index (χ1n) is 9.31. The number of para-hydroxylation sites is 1. The predicted octanol–water partition coefficient (Wildman–Crippen LogP) is 4.50. The smallest absolute Gasteiger partial charge is 0.256 e. The summed E-state index contributed by atoms with van der Waals surface area (Å²) in [6.07, 6.45) is 1.11. The molecule has 1 heterocycles. The van der Waals surface area contributed by atoms with E-state index in [4.69, 9.17) is 0 Å². The third-order valence-corrected chi connectivity index (χ3v) is 5.01. The van der Waals surface area contributed by atoms with Gasteiger partial charge in [0, 0.05) is 18.7 Å². The van der Waals surface area contributed by atoms with Crippen LogP contribution in [0, 0.1) is 24.6 Å². The summed E-state index contributed by atoms with van der Waals surface area (Å²) in [5.41, 5.74) is 1.84. The third kappa shape index (κ3) is 4.35. The summed E-state index contributed by atoms with van der Waals surface area (Å²) in [6, 6.07) is 11.1. The maximum atomic E-state index is 13.5. The van der Waals surface area contributed by atoms with Crippen LogP contribution in [0.1, 0.15) is 46.5 Å². The van der Waals surface area contributed by atoms with Gasteiger partial charge >= 0.3 is 0 Å². The fraction of sp³-hybridized carbons (Fsp3) is 0.364. The highest BCUT2D eigenvalue weighted by Gasteiger charge is 2.27. The van der Waals surface area contributed by atoms with E-state index in [0.29, 0.717) is 41.7 Å². The molecule has 0 saturated carbocycles. The second-order valence-electron chi connectivity index (χ2n) is 7.62. The average Bonchev–Trinajstić information content (AvgIpc) is 2.62. The zero-order valence-corrected chi connectivity index (χ0v) is 16.0. The van der Waals surface area contributed by atoms with Crippen molar-refractivity contribution in [3.63, 3.8) is 0 Å². The molecule has 2 aromatic rings. The fourth-order valence-electron chi connectivity index (χ4n) is 3.81. The SMILES string of the molecule is Cc1ccc(F)cc1C(=O)Nc1ccccc1C(=O)N1CC(C)CC(C)C1. The van der Waals surface area contributed by atoms with Crippen molar-refractivity contribution in [2.45, 2.75) is 27.2 Å². The summed E-state index contributed by atoms with van der Waals surface area (Å²) < 4.78 is 13.5. The Hall–Kier alpha value is -2.69. The number of anilines is 1. The largest absolute Gasteiger partial charge is 0.338 e. The summed E-state index contributed by atoms with van der Waals surface area (Å²) >= 11 is 0. The van der Waals surface area contributed by atoms with Crippen LogP contribution >= 0.6 is 0 Å². The van der Waals surface area contributed by atoms with E-state index in [1.807, 2.05) is 4.90 Å². The Morgan fingerprint density at radius 3 is 2.41 bits per heavy atom. The van der Waals surface area contributed by atoms with Gasteiger partial charge in [-0.25, -0.2) is 4.39 Å². The zero-order valence-electron chi connectivity index (χ0n) is 16.0. The zero-order chi connectivity index (χ0) is 19.6. The Labute approximate surface area is 159 Å². The molecule has 4 nitrogen and oxygen atoms in total. The fourth-order valence-corrected chi connectivity index (χ4v) is 3.81. The van der Waals surface area contributed by atoms with Crippen LogP contribution in [0.5, 0.6) is 0 Å². The lowest BCUT2D eigenvalue weighted by molar-refractivity contribution is 0.0624. The molecule has 2 amide bonds. The highest BCUT2D eigenvalue weighted by Crippen LogP contribution is 2.25. The van der Waals surface area contributed by atoms with Crippen LogP contribution in [0.25, 0.3) is 0 Å². The standard InChI is InChI=1S/C22H25FN2O2/c1-14-10-15(2)13-25(12-14)22(27)18-6-4-5-7-20(18)24-21(26)19-11-17(23)9-8-16(19)3/h4-9,11,14-15H,10,12-13H2,1-3H3,(H,24,26). The van der Waals surface area contributed by atoms with E-state index in [0.717, 1.165) is 6.42 Å². The quantitative estimate of drug-likeness (QED) is 0.867. The van der Waals surface area contributed by atoms with Crippen molar-refractivity contribution in [2.75, 3.05) is 18.4 Å². The number of carbonyl (C=O) groups is 2. The maximum Gasteiger partial charge on any atom is 0.256 e. The number of hydrogen-bond acceptors (Lipinski definition) is 2. The molecule has 142 valence electrons. The minimum atomic E-state index is -0.466. The Kier molecular flexibility index (Phi) is 5.59. The molecule has 1 aliphatic heterocycles. The molecule has 0 bridgehead atoms. The van der Waals surface area contributed by atoms with E-state index in [1.165, 1.54) is 12.1 Å². The van der Waals surface area contributed by atoms with Gasteiger partial charge in [-0.1, -0.05) is 32.0 Å². The van der Waals surface area contributed by atoms with Gasteiger partial charge in [-0.15, -0.1) is 0 Å². The second-order valence-corrected chi connectivity index (χ2v) is 7.62. The molecule has 1 saturated heterocycles. The van der Waals surface area contributed by atoms with Crippen LogP contribution in [-0.4, -0.2) is 29.8 Å². The average molecular weight is 368 g/mol. The van der Waals surface area contributed by atoms with E-state index in [2.05, 4.69) is 19.2 Å². The first kappa shape index (κ1) is 19.1. The number of piperidine rings is 1. The van der Waals surface area contributed by atoms with Crippen molar-refractivity contribution in [2.24, 2.45) is 11.8 Å². The molecule has 1 N–H and O–H groups in total. The van der Waals surface area contributed by atoms with Gasteiger partial charge in [-0.05, 0) is 55.0 Å². The van der Waals surface area contributed by atoms with E-state index in [1.54, 1.807) is 37.3 Å². The molecule has 2 atom stereocenters. The molecule has 2 unspecified atom stereocenters. The Morgan fingerprint density at radius 2 is 1.70 bits per heavy atom. The molecule has 27 heavy (non-hydrogen) atoms. The molecule has 0 aromatic heterocycles. The van der Waals surface area contributed by atoms with Crippen LogP contribution in [0.3, 0.4) is 0 Å². The maximum absolute atomic E-state index is 13.5. The summed E-state index contributed by atoms with van der Waals surface area (Å²) in [4.78, 5) is 27.6. The van der Waals surface area contributed by atoms with Crippen molar-refractivity contribution in [3.05, 3.63) is 65.0 Å². The summed E-state index contributed by atoms with van der Waals surface area (Å²) in [6.45, 7) is 7.48. The minimum Gasteiger partial charge on any atom is -0.338 e. The van der Waals surface area contributed by atoms with E-state index in [-0.39, 0.29) is 11.5 Å². The first-order valence-corrected chi connectivity index (χ1v) is 9.31. The van der Waals surface area contributed by atoms with Crippen molar-refractivity contribution >= 4 is 17.5 Å². The Morgan fingerprint density at radius 1 is 1.04 bits per heavy atom. The van der Waals surface area contributed by atoms with Crippen molar-refractivity contribution in [1.29, 1.82) is 0 Å². The van der Waals surface area contributed by atoms with Crippen LogP contribution < -0.4 is 5.32 Å². The number of benzene rings is 2. The number of carbonyl (C=O) groups excluding carboxylic acids is 2. The number of halogens is 1. The molecule has 0 aliphatic carbocycles. The summed E-state index contributed by atoms with van der Waals surface area (Å²) in [5.74, 6) is -0.0666.